The highest BCUT2D eigenvalue weighted by Gasteiger charge is 2.10. The highest BCUT2D eigenvalue weighted by atomic mass is 16.3. The maximum Gasteiger partial charge on any atom is 0.197 e. The topological polar surface area (TPSA) is 37.9 Å². The predicted molar refractivity (Wildman–Crippen MR) is 38.4 cm³/mol. The van der Waals surface area contributed by atoms with Crippen molar-refractivity contribution >= 4 is 12.4 Å². The van der Waals surface area contributed by atoms with Crippen molar-refractivity contribution in [3.63, 3.8) is 0 Å². The summed E-state index contributed by atoms with van der Waals surface area (Å²) in [5, 5.41) is 0. The first-order chi connectivity index (χ1) is 4.97. The van der Waals surface area contributed by atoms with E-state index >= 15 is 0 Å². The third kappa shape index (κ3) is 0.757. The van der Waals surface area contributed by atoms with Crippen molar-refractivity contribution in [2.45, 2.75) is 6.17 Å². The van der Waals surface area contributed by atoms with Gasteiger partial charge in [-0.3, -0.25) is 9.98 Å². The molecule has 2 heterocycles. The first-order valence-corrected chi connectivity index (χ1v) is 3.05. The molecule has 0 saturated carbocycles. The lowest BCUT2D eigenvalue weighted by molar-refractivity contribution is 0.477. The SMILES string of the molecule is C1=NC(c2ccco2)N=C1. The van der Waals surface area contributed by atoms with Gasteiger partial charge in [-0.25, -0.2) is 0 Å². The lowest BCUT2D eigenvalue weighted by atomic mass is 10.4. The van der Waals surface area contributed by atoms with Gasteiger partial charge in [0.1, 0.15) is 5.76 Å². The summed E-state index contributed by atoms with van der Waals surface area (Å²) in [4.78, 5) is 8.07. The lowest BCUT2D eigenvalue weighted by Gasteiger charge is -1.96. The van der Waals surface area contributed by atoms with Crippen molar-refractivity contribution in [3.8, 4) is 0 Å². The minimum absolute atomic E-state index is 0.130. The molecule has 1 aromatic rings. The van der Waals surface area contributed by atoms with E-state index in [0.29, 0.717) is 0 Å². The van der Waals surface area contributed by atoms with Crippen molar-refractivity contribution in [1.82, 2.24) is 0 Å². The number of aliphatic imine (C=N–C) groups is 2. The fourth-order valence-electron chi connectivity index (χ4n) is 0.864. The Labute approximate surface area is 58.1 Å². The van der Waals surface area contributed by atoms with Gasteiger partial charge in [0.05, 0.1) is 6.26 Å². The van der Waals surface area contributed by atoms with E-state index in [1.54, 1.807) is 18.7 Å². The Bertz CT molecular complexity index is 249. The molecule has 0 aliphatic carbocycles. The summed E-state index contributed by atoms with van der Waals surface area (Å²) in [6.45, 7) is 0. The highest BCUT2D eigenvalue weighted by molar-refractivity contribution is 6.17. The summed E-state index contributed by atoms with van der Waals surface area (Å²) in [5.74, 6) is 0.796. The minimum Gasteiger partial charge on any atom is -0.465 e. The number of hydrogen-bond donors (Lipinski definition) is 0. The Morgan fingerprint density at radius 2 is 2.10 bits per heavy atom. The van der Waals surface area contributed by atoms with Gasteiger partial charge in [-0.1, -0.05) is 0 Å². The van der Waals surface area contributed by atoms with Crippen LogP contribution < -0.4 is 0 Å². The second-order valence-corrected chi connectivity index (χ2v) is 1.99. The largest absolute Gasteiger partial charge is 0.465 e. The standard InChI is InChI=1S/C7H6N2O/c1-2-6(10-5-1)7-8-3-4-9-7/h1-5,7H. The molecule has 0 fully saturated rings. The van der Waals surface area contributed by atoms with E-state index in [1.165, 1.54) is 0 Å². The highest BCUT2D eigenvalue weighted by Crippen LogP contribution is 2.19. The fraction of sp³-hybridized carbons (Fsp3) is 0.143. The molecular formula is C7H6N2O. The van der Waals surface area contributed by atoms with E-state index in [2.05, 4.69) is 9.98 Å². The molecule has 0 unspecified atom stereocenters. The molecule has 1 aliphatic rings. The zero-order valence-corrected chi connectivity index (χ0v) is 5.27. The molecule has 0 aromatic carbocycles. The smallest absolute Gasteiger partial charge is 0.197 e. The van der Waals surface area contributed by atoms with Gasteiger partial charge in [0, 0.05) is 12.4 Å². The third-order valence-electron chi connectivity index (χ3n) is 1.32. The molecule has 2 rings (SSSR count). The zero-order chi connectivity index (χ0) is 6.81. The molecule has 0 amide bonds. The summed E-state index contributed by atoms with van der Waals surface area (Å²) >= 11 is 0. The van der Waals surface area contributed by atoms with Gasteiger partial charge in [-0.15, -0.1) is 0 Å². The van der Waals surface area contributed by atoms with Crippen LogP contribution in [0.3, 0.4) is 0 Å². The number of rotatable bonds is 1. The molecule has 1 aromatic heterocycles. The van der Waals surface area contributed by atoms with E-state index in [0.717, 1.165) is 5.76 Å². The average Bonchev–Trinajstić information content (AvgIpc) is 2.59. The summed E-state index contributed by atoms with van der Waals surface area (Å²) < 4.78 is 5.09. The number of hydrogen-bond acceptors (Lipinski definition) is 3. The Kier molecular flexibility index (Phi) is 1.13. The second-order valence-electron chi connectivity index (χ2n) is 1.99. The first kappa shape index (κ1) is 5.41. The molecule has 0 saturated heterocycles. The van der Waals surface area contributed by atoms with Crippen LogP contribution in [0.5, 0.6) is 0 Å². The maximum absolute atomic E-state index is 5.09. The van der Waals surface area contributed by atoms with Crippen LogP contribution in [0.15, 0.2) is 32.8 Å². The summed E-state index contributed by atoms with van der Waals surface area (Å²) in [6.07, 6.45) is 4.84. The molecule has 0 spiro atoms. The van der Waals surface area contributed by atoms with Gasteiger partial charge in [-0.05, 0) is 12.1 Å². The van der Waals surface area contributed by atoms with Crippen LogP contribution in [-0.4, -0.2) is 12.4 Å². The van der Waals surface area contributed by atoms with E-state index in [1.807, 2.05) is 12.1 Å². The summed E-state index contributed by atoms with van der Waals surface area (Å²) in [7, 11) is 0. The Morgan fingerprint density at radius 1 is 1.30 bits per heavy atom. The van der Waals surface area contributed by atoms with Crippen LogP contribution in [0.1, 0.15) is 11.9 Å². The van der Waals surface area contributed by atoms with Gasteiger partial charge in [0.15, 0.2) is 6.17 Å². The van der Waals surface area contributed by atoms with Crippen LogP contribution in [0, 0.1) is 0 Å². The maximum atomic E-state index is 5.09. The molecule has 0 N–H and O–H groups in total. The monoisotopic (exact) mass is 134 g/mol. The Hall–Kier alpha value is -1.38. The molecule has 10 heavy (non-hydrogen) atoms. The minimum atomic E-state index is -0.130. The molecule has 50 valence electrons. The number of furan rings is 1. The number of nitrogens with zero attached hydrogens (tertiary/aromatic N) is 2. The van der Waals surface area contributed by atoms with Crippen molar-refractivity contribution in [2.24, 2.45) is 9.98 Å². The fourth-order valence-corrected chi connectivity index (χ4v) is 0.864. The van der Waals surface area contributed by atoms with Crippen LogP contribution in [0.2, 0.25) is 0 Å². The second kappa shape index (κ2) is 2.10. The average molecular weight is 134 g/mol. The molecule has 3 nitrogen and oxygen atoms in total. The van der Waals surface area contributed by atoms with Gasteiger partial charge >= 0.3 is 0 Å². The molecule has 3 heteroatoms. The summed E-state index contributed by atoms with van der Waals surface area (Å²) in [6, 6.07) is 3.70. The normalized spacial score (nSPS) is 16.8. The quantitative estimate of drug-likeness (QED) is 0.572. The van der Waals surface area contributed by atoms with E-state index in [9.17, 15) is 0 Å². The first-order valence-electron chi connectivity index (χ1n) is 3.05. The van der Waals surface area contributed by atoms with Crippen LogP contribution in [0.4, 0.5) is 0 Å². The van der Waals surface area contributed by atoms with Crippen molar-refractivity contribution in [2.75, 3.05) is 0 Å². The lowest BCUT2D eigenvalue weighted by Crippen LogP contribution is -1.82. The van der Waals surface area contributed by atoms with Gasteiger partial charge < -0.3 is 4.42 Å². The van der Waals surface area contributed by atoms with E-state index < -0.39 is 0 Å². The van der Waals surface area contributed by atoms with Crippen LogP contribution in [-0.2, 0) is 0 Å². The van der Waals surface area contributed by atoms with Crippen LogP contribution in [0.25, 0.3) is 0 Å². The molecule has 0 radical (unpaired) electrons. The van der Waals surface area contributed by atoms with Crippen molar-refractivity contribution in [3.05, 3.63) is 24.2 Å². The Morgan fingerprint density at radius 3 is 2.70 bits per heavy atom. The van der Waals surface area contributed by atoms with E-state index in [-0.39, 0.29) is 6.17 Å². The van der Waals surface area contributed by atoms with Gasteiger partial charge in [0.25, 0.3) is 0 Å². The molecule has 1 aliphatic heterocycles. The van der Waals surface area contributed by atoms with E-state index in [4.69, 9.17) is 4.42 Å². The molecule has 0 atom stereocenters. The summed E-state index contributed by atoms with van der Waals surface area (Å²) in [5.41, 5.74) is 0. The predicted octanol–water partition coefficient (Wildman–Crippen LogP) is 1.43. The van der Waals surface area contributed by atoms with Gasteiger partial charge in [-0.2, -0.15) is 0 Å². The van der Waals surface area contributed by atoms with Crippen molar-refractivity contribution < 1.29 is 4.42 Å². The Balaban J connectivity index is 2.29. The van der Waals surface area contributed by atoms with Crippen molar-refractivity contribution in [1.29, 1.82) is 0 Å². The van der Waals surface area contributed by atoms with Crippen LogP contribution >= 0.6 is 0 Å². The van der Waals surface area contributed by atoms with Gasteiger partial charge in [0.2, 0.25) is 0 Å². The molecular weight excluding hydrogens is 128 g/mol. The zero-order valence-electron chi connectivity index (χ0n) is 5.27. The third-order valence-corrected chi connectivity index (χ3v) is 1.32. The molecule has 0 bridgehead atoms.